The molecule has 0 spiro atoms. The Hall–Kier alpha value is -3.04. The van der Waals surface area contributed by atoms with Gasteiger partial charge in [0.25, 0.3) is 0 Å². The van der Waals surface area contributed by atoms with Crippen LogP contribution in [0.1, 0.15) is 0 Å². The number of hydrogen-bond donors (Lipinski definition) is 3. The van der Waals surface area contributed by atoms with E-state index in [9.17, 15) is 5.11 Å². The van der Waals surface area contributed by atoms with Gasteiger partial charge in [-0.15, -0.1) is 0 Å². The van der Waals surface area contributed by atoms with Crippen LogP contribution in [0, 0.1) is 4.77 Å². The fourth-order valence-corrected chi connectivity index (χ4v) is 3.74. The SMILES string of the molecule is Oc1[nH]c(=S)n(-c2ccc3nc[nH]c3c2)c1-c1ccc2nsnc2c1. The molecule has 0 fully saturated rings. The maximum absolute atomic E-state index is 10.4. The lowest BCUT2D eigenvalue weighted by Gasteiger charge is -2.09. The average Bonchev–Trinajstić information content (AvgIpc) is 3.31. The molecule has 0 bridgehead atoms. The Morgan fingerprint density at radius 1 is 1.04 bits per heavy atom. The number of benzene rings is 2. The van der Waals surface area contributed by atoms with Crippen LogP contribution in [-0.4, -0.2) is 33.4 Å². The highest BCUT2D eigenvalue weighted by atomic mass is 32.1. The molecule has 0 radical (unpaired) electrons. The predicted molar refractivity (Wildman–Crippen MR) is 98.7 cm³/mol. The van der Waals surface area contributed by atoms with Gasteiger partial charge in [0, 0.05) is 5.56 Å². The average molecular weight is 366 g/mol. The van der Waals surface area contributed by atoms with Crippen molar-refractivity contribution >= 4 is 46.0 Å². The van der Waals surface area contributed by atoms with Crippen molar-refractivity contribution in [3.05, 3.63) is 47.5 Å². The van der Waals surface area contributed by atoms with Gasteiger partial charge >= 0.3 is 0 Å². The number of hydrogen-bond acceptors (Lipinski definition) is 6. The van der Waals surface area contributed by atoms with Crippen molar-refractivity contribution in [2.24, 2.45) is 0 Å². The summed E-state index contributed by atoms with van der Waals surface area (Å²) in [5.41, 5.74) is 5.58. The summed E-state index contributed by atoms with van der Waals surface area (Å²) >= 11 is 6.58. The van der Waals surface area contributed by atoms with E-state index in [1.807, 2.05) is 36.4 Å². The van der Waals surface area contributed by atoms with Crippen molar-refractivity contribution in [2.75, 3.05) is 0 Å². The van der Waals surface area contributed by atoms with Crippen molar-refractivity contribution in [2.45, 2.75) is 0 Å². The molecule has 0 amide bonds. The number of rotatable bonds is 2. The third kappa shape index (κ3) is 2.17. The summed E-state index contributed by atoms with van der Waals surface area (Å²) in [6.07, 6.45) is 1.65. The number of aromatic nitrogens is 6. The van der Waals surface area contributed by atoms with E-state index < -0.39 is 0 Å². The normalized spacial score (nSPS) is 11.5. The second-order valence-corrected chi connectivity index (χ2v) is 6.45. The van der Waals surface area contributed by atoms with Gasteiger partial charge in [0.1, 0.15) is 16.7 Å². The van der Waals surface area contributed by atoms with Crippen LogP contribution in [0.3, 0.4) is 0 Å². The van der Waals surface area contributed by atoms with Crippen LogP contribution in [-0.2, 0) is 0 Å². The Morgan fingerprint density at radius 2 is 1.88 bits per heavy atom. The first-order valence-electron chi connectivity index (χ1n) is 7.41. The minimum atomic E-state index is 0.0113. The largest absolute Gasteiger partial charge is 0.493 e. The summed E-state index contributed by atoms with van der Waals surface area (Å²) < 4.78 is 10.7. The van der Waals surface area contributed by atoms with Crippen LogP contribution in [0.2, 0.25) is 0 Å². The molecule has 0 saturated carbocycles. The Balaban J connectivity index is 1.78. The molecular weight excluding hydrogens is 356 g/mol. The molecule has 5 aromatic rings. The molecular formula is C16H10N6OS2. The highest BCUT2D eigenvalue weighted by Gasteiger charge is 2.17. The van der Waals surface area contributed by atoms with Crippen molar-refractivity contribution in [1.82, 2.24) is 28.3 Å². The molecule has 0 unspecified atom stereocenters. The number of imidazole rings is 2. The highest BCUT2D eigenvalue weighted by molar-refractivity contribution is 7.71. The zero-order chi connectivity index (χ0) is 17.0. The van der Waals surface area contributed by atoms with Crippen LogP contribution >= 0.6 is 23.9 Å². The van der Waals surface area contributed by atoms with Gasteiger partial charge in [-0.3, -0.25) is 4.57 Å². The zero-order valence-electron chi connectivity index (χ0n) is 12.6. The molecule has 3 N–H and O–H groups in total. The number of nitrogens with one attached hydrogen (secondary N) is 2. The van der Waals surface area contributed by atoms with Crippen molar-refractivity contribution in [3.8, 4) is 22.8 Å². The number of H-pyrrole nitrogens is 2. The molecule has 7 nitrogen and oxygen atoms in total. The van der Waals surface area contributed by atoms with Gasteiger partial charge in [-0.05, 0) is 42.5 Å². The number of aromatic amines is 2. The summed E-state index contributed by atoms with van der Waals surface area (Å²) in [6, 6.07) is 11.4. The summed E-state index contributed by atoms with van der Waals surface area (Å²) in [7, 11) is 0. The first-order chi connectivity index (χ1) is 12.2. The van der Waals surface area contributed by atoms with Gasteiger partial charge in [-0.25, -0.2) is 4.98 Å². The molecule has 25 heavy (non-hydrogen) atoms. The fourth-order valence-electron chi connectivity index (χ4n) is 2.93. The second-order valence-electron chi connectivity index (χ2n) is 5.53. The van der Waals surface area contributed by atoms with E-state index in [1.54, 1.807) is 10.9 Å². The van der Waals surface area contributed by atoms with Crippen LogP contribution in [0.4, 0.5) is 0 Å². The Labute approximate surface area is 149 Å². The Kier molecular flexibility index (Phi) is 2.99. The van der Waals surface area contributed by atoms with Crippen molar-refractivity contribution < 1.29 is 5.11 Å². The van der Waals surface area contributed by atoms with Crippen molar-refractivity contribution in [1.29, 1.82) is 0 Å². The molecule has 2 aromatic carbocycles. The summed E-state index contributed by atoms with van der Waals surface area (Å²) in [4.78, 5) is 10.1. The maximum atomic E-state index is 10.4. The van der Waals surface area contributed by atoms with E-state index in [-0.39, 0.29) is 5.88 Å². The van der Waals surface area contributed by atoms with Crippen LogP contribution in [0.5, 0.6) is 5.88 Å². The van der Waals surface area contributed by atoms with E-state index in [0.717, 1.165) is 45.0 Å². The highest BCUT2D eigenvalue weighted by Crippen LogP contribution is 2.33. The van der Waals surface area contributed by atoms with Gasteiger partial charge in [0.05, 0.1) is 34.8 Å². The second kappa shape index (κ2) is 5.23. The van der Waals surface area contributed by atoms with E-state index in [4.69, 9.17) is 12.2 Å². The number of aromatic hydroxyl groups is 1. The van der Waals surface area contributed by atoms with Gasteiger partial charge in [0.15, 0.2) is 4.77 Å². The van der Waals surface area contributed by atoms with Gasteiger partial charge in [0.2, 0.25) is 5.88 Å². The quantitative estimate of drug-likeness (QED) is 0.413. The molecule has 9 heteroatoms. The topological polar surface area (TPSA) is 95.4 Å². The summed E-state index contributed by atoms with van der Waals surface area (Å²) in [5, 5.41) is 10.4. The lowest BCUT2D eigenvalue weighted by Crippen LogP contribution is -1.97. The smallest absolute Gasteiger partial charge is 0.216 e. The lowest BCUT2D eigenvalue weighted by atomic mass is 10.1. The third-order valence-corrected chi connectivity index (χ3v) is 4.91. The monoisotopic (exact) mass is 366 g/mol. The molecule has 0 atom stereocenters. The fraction of sp³-hybridized carbons (Fsp3) is 0. The first kappa shape index (κ1) is 14.3. The van der Waals surface area contributed by atoms with Gasteiger partial charge < -0.3 is 15.1 Å². The predicted octanol–water partition coefficient (Wildman–Crippen LogP) is 3.79. The molecule has 3 aromatic heterocycles. The molecule has 5 rings (SSSR count). The third-order valence-electron chi connectivity index (χ3n) is 4.07. The summed E-state index contributed by atoms with van der Waals surface area (Å²) in [6.45, 7) is 0. The lowest BCUT2D eigenvalue weighted by molar-refractivity contribution is 0.458. The molecule has 0 saturated heterocycles. The van der Waals surface area contributed by atoms with Crippen LogP contribution in [0.15, 0.2) is 42.7 Å². The zero-order valence-corrected chi connectivity index (χ0v) is 14.2. The Bertz CT molecular complexity index is 1290. The minimum Gasteiger partial charge on any atom is -0.493 e. The van der Waals surface area contributed by atoms with Gasteiger partial charge in [-0.1, -0.05) is 6.07 Å². The molecule has 122 valence electrons. The molecule has 0 aliphatic carbocycles. The Morgan fingerprint density at radius 3 is 2.80 bits per heavy atom. The number of nitrogens with zero attached hydrogens (tertiary/aromatic N) is 4. The van der Waals surface area contributed by atoms with E-state index in [1.165, 1.54) is 0 Å². The minimum absolute atomic E-state index is 0.0113. The van der Waals surface area contributed by atoms with Crippen molar-refractivity contribution in [3.63, 3.8) is 0 Å². The summed E-state index contributed by atoms with van der Waals surface area (Å²) in [5.74, 6) is 0.0113. The molecule has 0 aliphatic heterocycles. The molecule has 0 aliphatic rings. The van der Waals surface area contributed by atoms with E-state index in [0.29, 0.717) is 10.5 Å². The van der Waals surface area contributed by atoms with E-state index in [2.05, 4.69) is 23.7 Å². The standard InChI is InChI=1S/C16H10N6OS2/c23-15-14(8-1-3-11-13(5-8)21-25-20-11)22(16(24)19-15)9-2-4-10-12(6-9)18-7-17-10/h1-7,23H,(H,17,18)(H,19,24). The molecule has 3 heterocycles. The van der Waals surface area contributed by atoms with Gasteiger partial charge in [-0.2, -0.15) is 8.75 Å². The van der Waals surface area contributed by atoms with Crippen LogP contribution < -0.4 is 0 Å². The number of fused-ring (bicyclic) bond motifs is 2. The maximum Gasteiger partial charge on any atom is 0.216 e. The first-order valence-corrected chi connectivity index (χ1v) is 8.55. The van der Waals surface area contributed by atoms with E-state index >= 15 is 0 Å². The van der Waals surface area contributed by atoms with Crippen LogP contribution in [0.25, 0.3) is 39.0 Å².